The summed E-state index contributed by atoms with van der Waals surface area (Å²) in [5, 5.41) is 13.0. The molecular formula is C26H24N4O5. The average Bonchev–Trinajstić information content (AvgIpc) is 3.19. The Morgan fingerprint density at radius 2 is 1.77 bits per heavy atom. The van der Waals surface area contributed by atoms with E-state index in [1.54, 1.807) is 30.1 Å². The van der Waals surface area contributed by atoms with E-state index >= 15 is 0 Å². The number of carbonyl (C=O) groups is 4. The van der Waals surface area contributed by atoms with Gasteiger partial charge in [0.2, 0.25) is 11.8 Å². The lowest BCUT2D eigenvalue weighted by atomic mass is 9.95. The van der Waals surface area contributed by atoms with Crippen LogP contribution in [0.3, 0.4) is 0 Å². The number of amides is 4. The van der Waals surface area contributed by atoms with Crippen molar-refractivity contribution < 1.29 is 24.3 Å². The number of nitrogens with one attached hydrogen (secondary N) is 1. The number of rotatable bonds is 4. The number of aliphatic hydroxyl groups is 1. The van der Waals surface area contributed by atoms with Gasteiger partial charge in [0, 0.05) is 43.8 Å². The van der Waals surface area contributed by atoms with Crippen LogP contribution in [0.25, 0.3) is 0 Å². The summed E-state index contributed by atoms with van der Waals surface area (Å²) in [6, 6.07) is 13.6. The van der Waals surface area contributed by atoms with Crippen molar-refractivity contribution in [3.8, 4) is 0 Å². The standard InChI is InChI=1S/C26H24N4O5/c1-29-21(15-6-3-2-4-7-15)12-22(31)17(25(29)34)13-27-19-9-5-8-16-18(19)14-30(26(16)35)20-10-11-23(32)28-24(20)33/h2-9,13,20-21,31H,10-12,14H2,1H3,(H,28,32,33). The zero-order valence-electron chi connectivity index (χ0n) is 19.1. The normalized spacial score (nSPS) is 22.8. The summed E-state index contributed by atoms with van der Waals surface area (Å²) < 4.78 is 0. The first kappa shape index (κ1) is 22.5. The van der Waals surface area contributed by atoms with E-state index in [4.69, 9.17) is 0 Å². The molecule has 2 unspecified atom stereocenters. The van der Waals surface area contributed by atoms with Gasteiger partial charge in [-0.25, -0.2) is 0 Å². The molecule has 2 aromatic carbocycles. The van der Waals surface area contributed by atoms with Crippen LogP contribution in [-0.2, 0) is 20.9 Å². The van der Waals surface area contributed by atoms with Gasteiger partial charge in [0.25, 0.3) is 11.8 Å². The van der Waals surface area contributed by atoms with Crippen LogP contribution in [0.1, 0.15) is 46.8 Å². The molecular weight excluding hydrogens is 448 g/mol. The second-order valence-corrected chi connectivity index (χ2v) is 8.87. The number of nitrogens with zero attached hydrogens (tertiary/aromatic N) is 3. The third-order valence-electron chi connectivity index (χ3n) is 6.79. The predicted molar refractivity (Wildman–Crippen MR) is 127 cm³/mol. The molecule has 0 radical (unpaired) electrons. The third kappa shape index (κ3) is 3.99. The zero-order valence-corrected chi connectivity index (χ0v) is 19.1. The average molecular weight is 473 g/mol. The minimum absolute atomic E-state index is 0.0421. The van der Waals surface area contributed by atoms with Crippen molar-refractivity contribution in [2.45, 2.75) is 37.9 Å². The SMILES string of the molecule is CN1C(=O)C(C=Nc2cccc3c2CN(C2CCC(=O)NC2=O)C3=O)=C(O)CC1c1ccccc1. The lowest BCUT2D eigenvalue weighted by Crippen LogP contribution is -2.52. The molecule has 0 aliphatic carbocycles. The van der Waals surface area contributed by atoms with Crippen molar-refractivity contribution in [3.63, 3.8) is 0 Å². The van der Waals surface area contributed by atoms with E-state index in [-0.39, 0.29) is 60.9 Å². The number of likely N-dealkylation sites (N-methyl/N-ethyl adjacent to an activating group) is 1. The molecule has 9 nitrogen and oxygen atoms in total. The van der Waals surface area contributed by atoms with Gasteiger partial charge >= 0.3 is 0 Å². The maximum absolute atomic E-state index is 13.0. The van der Waals surface area contributed by atoms with Crippen LogP contribution < -0.4 is 5.32 Å². The number of imide groups is 1. The van der Waals surface area contributed by atoms with Gasteiger partial charge < -0.3 is 14.9 Å². The Balaban J connectivity index is 1.40. The monoisotopic (exact) mass is 472 g/mol. The fourth-order valence-corrected chi connectivity index (χ4v) is 4.86. The summed E-state index contributed by atoms with van der Waals surface area (Å²) in [6.07, 6.45) is 2.05. The second-order valence-electron chi connectivity index (χ2n) is 8.87. The molecule has 2 N–H and O–H groups in total. The smallest absolute Gasteiger partial charge is 0.259 e. The number of carbonyl (C=O) groups excluding carboxylic acids is 4. The Bertz CT molecular complexity index is 1300. The van der Waals surface area contributed by atoms with Gasteiger partial charge in [-0.15, -0.1) is 0 Å². The molecule has 0 bridgehead atoms. The van der Waals surface area contributed by atoms with Crippen LogP contribution in [0.15, 0.2) is 64.9 Å². The molecule has 9 heteroatoms. The Kier molecular flexibility index (Phi) is 5.68. The van der Waals surface area contributed by atoms with Crippen LogP contribution in [-0.4, -0.2) is 57.8 Å². The summed E-state index contributed by atoms with van der Waals surface area (Å²) in [5.41, 5.74) is 2.57. The van der Waals surface area contributed by atoms with Gasteiger partial charge in [-0.05, 0) is 24.1 Å². The number of hydrogen-bond acceptors (Lipinski definition) is 6. The predicted octanol–water partition coefficient (Wildman–Crippen LogP) is 2.57. The number of piperidine rings is 1. The highest BCUT2D eigenvalue weighted by Crippen LogP contribution is 2.35. The fourth-order valence-electron chi connectivity index (χ4n) is 4.86. The van der Waals surface area contributed by atoms with Gasteiger partial charge in [-0.1, -0.05) is 36.4 Å². The number of aliphatic imine (C=N–C) groups is 1. The lowest BCUT2D eigenvalue weighted by molar-refractivity contribution is -0.137. The number of fused-ring (bicyclic) bond motifs is 1. The van der Waals surface area contributed by atoms with Crippen molar-refractivity contribution in [1.82, 2.24) is 15.1 Å². The topological polar surface area (TPSA) is 119 Å². The van der Waals surface area contributed by atoms with Crippen LogP contribution in [0.4, 0.5) is 5.69 Å². The van der Waals surface area contributed by atoms with E-state index in [1.165, 1.54) is 11.1 Å². The fraction of sp³-hybridized carbons (Fsp3) is 0.269. The molecule has 5 rings (SSSR count). The summed E-state index contributed by atoms with van der Waals surface area (Å²) in [6.45, 7) is 0.170. The minimum atomic E-state index is -0.723. The number of aliphatic hydroxyl groups excluding tert-OH is 1. The molecule has 3 aliphatic rings. The molecule has 2 aromatic rings. The summed E-state index contributed by atoms with van der Waals surface area (Å²) in [7, 11) is 1.69. The second kappa shape index (κ2) is 8.83. The quantitative estimate of drug-likeness (QED) is 0.524. The van der Waals surface area contributed by atoms with Crippen LogP contribution in [0, 0.1) is 0 Å². The van der Waals surface area contributed by atoms with Gasteiger partial charge in [-0.2, -0.15) is 0 Å². The van der Waals surface area contributed by atoms with Crippen LogP contribution in [0.2, 0.25) is 0 Å². The van der Waals surface area contributed by atoms with Crippen molar-refractivity contribution in [2.24, 2.45) is 4.99 Å². The molecule has 0 spiro atoms. The summed E-state index contributed by atoms with van der Waals surface area (Å²) in [5.74, 6) is -1.51. The van der Waals surface area contributed by atoms with Gasteiger partial charge in [0.05, 0.1) is 17.3 Å². The molecule has 4 amide bonds. The first-order valence-corrected chi connectivity index (χ1v) is 11.4. The maximum atomic E-state index is 13.0. The molecule has 3 heterocycles. The Hall–Kier alpha value is -4.27. The van der Waals surface area contributed by atoms with Gasteiger partial charge in [0.15, 0.2) is 0 Å². The molecule has 1 fully saturated rings. The first-order chi connectivity index (χ1) is 16.8. The number of hydrogen-bond donors (Lipinski definition) is 2. The number of benzene rings is 2. The lowest BCUT2D eigenvalue weighted by Gasteiger charge is -2.33. The van der Waals surface area contributed by atoms with E-state index < -0.39 is 11.9 Å². The molecule has 35 heavy (non-hydrogen) atoms. The summed E-state index contributed by atoms with van der Waals surface area (Å²) in [4.78, 5) is 57.3. The van der Waals surface area contributed by atoms with Crippen molar-refractivity contribution in [2.75, 3.05) is 7.05 Å². The van der Waals surface area contributed by atoms with Crippen molar-refractivity contribution in [1.29, 1.82) is 0 Å². The van der Waals surface area contributed by atoms with E-state index in [0.717, 1.165) is 5.56 Å². The Labute approximate surface area is 201 Å². The van der Waals surface area contributed by atoms with E-state index in [0.29, 0.717) is 16.8 Å². The first-order valence-electron chi connectivity index (χ1n) is 11.4. The minimum Gasteiger partial charge on any atom is -0.511 e. The molecule has 0 saturated carbocycles. The molecule has 1 saturated heterocycles. The highest BCUT2D eigenvalue weighted by molar-refractivity contribution is 6.14. The van der Waals surface area contributed by atoms with Crippen molar-refractivity contribution in [3.05, 3.63) is 76.6 Å². The zero-order chi connectivity index (χ0) is 24.7. The third-order valence-corrected chi connectivity index (χ3v) is 6.79. The molecule has 178 valence electrons. The summed E-state index contributed by atoms with van der Waals surface area (Å²) >= 11 is 0. The van der Waals surface area contributed by atoms with E-state index in [1.807, 2.05) is 30.3 Å². The van der Waals surface area contributed by atoms with E-state index in [9.17, 15) is 24.3 Å². The van der Waals surface area contributed by atoms with Crippen LogP contribution in [0.5, 0.6) is 0 Å². The van der Waals surface area contributed by atoms with Crippen molar-refractivity contribution >= 4 is 35.5 Å². The largest absolute Gasteiger partial charge is 0.511 e. The van der Waals surface area contributed by atoms with Crippen LogP contribution >= 0.6 is 0 Å². The van der Waals surface area contributed by atoms with Gasteiger partial charge in [-0.3, -0.25) is 29.5 Å². The maximum Gasteiger partial charge on any atom is 0.259 e. The Morgan fingerprint density at radius 3 is 2.51 bits per heavy atom. The molecule has 0 aromatic heterocycles. The van der Waals surface area contributed by atoms with Gasteiger partial charge in [0.1, 0.15) is 11.8 Å². The Morgan fingerprint density at radius 1 is 1.00 bits per heavy atom. The molecule has 3 aliphatic heterocycles. The highest BCUT2D eigenvalue weighted by atomic mass is 16.3. The molecule has 2 atom stereocenters. The van der Waals surface area contributed by atoms with E-state index in [2.05, 4.69) is 10.3 Å². The highest BCUT2D eigenvalue weighted by Gasteiger charge is 2.40.